The molecule has 1 fully saturated rings. The average Bonchev–Trinajstić information content (AvgIpc) is 2.82. The summed E-state index contributed by atoms with van der Waals surface area (Å²) in [7, 11) is -6.09. The second-order valence-electron chi connectivity index (χ2n) is 6.08. The highest BCUT2D eigenvalue weighted by molar-refractivity contribution is 7.94. The Labute approximate surface area is 153 Å². The number of rotatable bonds is 4. The first kappa shape index (κ1) is 18.4. The molecule has 1 amide bonds. The largest absolute Gasteiger partial charge is 0.273 e. The zero-order chi connectivity index (χ0) is 19.1. The van der Waals surface area contributed by atoms with E-state index in [9.17, 15) is 21.6 Å². The minimum absolute atomic E-state index is 0.00435. The lowest BCUT2D eigenvalue weighted by Gasteiger charge is -2.20. The van der Waals surface area contributed by atoms with Gasteiger partial charge in [-0.05, 0) is 36.4 Å². The average molecular weight is 394 g/mol. The Balaban J connectivity index is 1.94. The van der Waals surface area contributed by atoms with Crippen molar-refractivity contribution in [2.24, 2.45) is 5.92 Å². The topological polar surface area (TPSA) is 91.8 Å². The van der Waals surface area contributed by atoms with Gasteiger partial charge in [0.25, 0.3) is 10.0 Å². The van der Waals surface area contributed by atoms with E-state index >= 15 is 0 Å². The summed E-state index contributed by atoms with van der Waals surface area (Å²) in [4.78, 5) is 12.1. The fourth-order valence-electron chi connectivity index (χ4n) is 2.78. The van der Waals surface area contributed by atoms with Crippen LogP contribution < -0.4 is 8.61 Å². The first-order chi connectivity index (χ1) is 12.1. The molecular formula is C17H18N2O5S2. The van der Waals surface area contributed by atoms with Gasteiger partial charge in [0.1, 0.15) is 0 Å². The monoisotopic (exact) mass is 394 g/mol. The number of hydrogen-bond acceptors (Lipinski definition) is 5. The molecule has 1 aliphatic heterocycles. The molecule has 2 aromatic rings. The molecule has 1 saturated heterocycles. The minimum Gasteiger partial charge on any atom is -0.273 e. The van der Waals surface area contributed by atoms with Crippen molar-refractivity contribution in [2.75, 3.05) is 21.4 Å². The Hall–Kier alpha value is -2.39. The van der Waals surface area contributed by atoms with Gasteiger partial charge in [-0.15, -0.1) is 0 Å². The van der Waals surface area contributed by atoms with E-state index in [1.54, 1.807) is 37.3 Å². The summed E-state index contributed by atoms with van der Waals surface area (Å²) in [6.07, 6.45) is 0. The summed E-state index contributed by atoms with van der Waals surface area (Å²) in [5.74, 6) is -1.38. The van der Waals surface area contributed by atoms with Crippen LogP contribution in [0.4, 0.5) is 11.4 Å². The Morgan fingerprint density at radius 2 is 1.62 bits per heavy atom. The molecule has 0 aliphatic carbocycles. The summed E-state index contributed by atoms with van der Waals surface area (Å²) in [6.45, 7) is 1.55. The van der Waals surface area contributed by atoms with E-state index in [0.717, 1.165) is 8.61 Å². The molecule has 3 rings (SSSR count). The summed E-state index contributed by atoms with van der Waals surface area (Å²) in [5, 5.41) is 0. The summed E-state index contributed by atoms with van der Waals surface area (Å²) in [6, 6.07) is 13.9. The van der Waals surface area contributed by atoms with Crippen LogP contribution in [0.2, 0.25) is 0 Å². The predicted molar refractivity (Wildman–Crippen MR) is 98.9 cm³/mol. The molecule has 2 aromatic carbocycles. The van der Waals surface area contributed by atoms with Gasteiger partial charge in [0.05, 0.1) is 27.9 Å². The van der Waals surface area contributed by atoms with E-state index in [4.69, 9.17) is 0 Å². The highest BCUT2D eigenvalue weighted by Crippen LogP contribution is 2.30. The zero-order valence-electron chi connectivity index (χ0n) is 14.2. The quantitative estimate of drug-likeness (QED) is 0.789. The molecule has 26 heavy (non-hydrogen) atoms. The van der Waals surface area contributed by atoms with Crippen molar-refractivity contribution >= 4 is 37.3 Å². The fourth-order valence-corrected chi connectivity index (χ4v) is 5.79. The molecule has 0 unspecified atom stereocenters. The maximum absolute atomic E-state index is 12.7. The standard InChI is InChI=1S/C17H18N2O5S2/c1-13-12-25(21,22)19(17(13)20)15-8-10-16(11-9-15)26(23,24)18(2)14-6-4-3-5-7-14/h3-11,13H,12H2,1-2H3/t13-/m1/s1. The Kier molecular flexibility index (Phi) is 4.53. The SMILES string of the molecule is C[C@@H]1CS(=O)(=O)N(c2ccc(S(=O)(=O)N(C)c3ccccc3)cc2)C1=O. The number of carbonyl (C=O) groups excluding carboxylic acids is 1. The maximum atomic E-state index is 12.7. The Morgan fingerprint density at radius 1 is 1.04 bits per heavy atom. The summed E-state index contributed by atoms with van der Waals surface area (Å²) < 4.78 is 51.6. The van der Waals surface area contributed by atoms with Crippen molar-refractivity contribution in [2.45, 2.75) is 11.8 Å². The van der Waals surface area contributed by atoms with Crippen LogP contribution in [-0.2, 0) is 24.8 Å². The number of anilines is 2. The highest BCUT2D eigenvalue weighted by atomic mass is 32.2. The molecule has 0 spiro atoms. The van der Waals surface area contributed by atoms with Gasteiger partial charge in [-0.2, -0.15) is 0 Å². The van der Waals surface area contributed by atoms with Gasteiger partial charge >= 0.3 is 0 Å². The third-order valence-electron chi connectivity index (χ3n) is 4.21. The van der Waals surface area contributed by atoms with E-state index in [-0.39, 0.29) is 16.3 Å². The van der Waals surface area contributed by atoms with Crippen molar-refractivity contribution in [3.8, 4) is 0 Å². The third-order valence-corrected chi connectivity index (χ3v) is 7.88. The minimum atomic E-state index is -3.80. The molecule has 0 bridgehead atoms. The lowest BCUT2D eigenvalue weighted by Crippen LogP contribution is -2.30. The van der Waals surface area contributed by atoms with Crippen molar-refractivity contribution in [3.63, 3.8) is 0 Å². The van der Waals surface area contributed by atoms with Crippen LogP contribution in [-0.4, -0.2) is 35.5 Å². The highest BCUT2D eigenvalue weighted by Gasteiger charge is 2.42. The van der Waals surface area contributed by atoms with E-state index in [1.165, 1.54) is 31.3 Å². The Morgan fingerprint density at radius 3 is 2.12 bits per heavy atom. The van der Waals surface area contributed by atoms with E-state index in [1.807, 2.05) is 0 Å². The number of nitrogens with zero attached hydrogens (tertiary/aromatic N) is 2. The molecule has 0 radical (unpaired) electrons. The lowest BCUT2D eigenvalue weighted by atomic mass is 10.2. The van der Waals surface area contributed by atoms with Crippen LogP contribution in [0.1, 0.15) is 6.92 Å². The van der Waals surface area contributed by atoms with Gasteiger partial charge in [0.15, 0.2) is 0 Å². The van der Waals surface area contributed by atoms with Crippen molar-refractivity contribution in [1.29, 1.82) is 0 Å². The van der Waals surface area contributed by atoms with E-state index in [2.05, 4.69) is 0 Å². The number of sulfonamides is 2. The van der Waals surface area contributed by atoms with Crippen LogP contribution in [0.5, 0.6) is 0 Å². The third kappa shape index (κ3) is 3.08. The van der Waals surface area contributed by atoms with Crippen LogP contribution in [0.25, 0.3) is 0 Å². The first-order valence-corrected chi connectivity index (χ1v) is 10.9. The lowest BCUT2D eigenvalue weighted by molar-refractivity contribution is -0.119. The number of para-hydroxylation sites is 1. The van der Waals surface area contributed by atoms with E-state index < -0.39 is 31.9 Å². The Bertz CT molecular complexity index is 1030. The number of carbonyl (C=O) groups is 1. The van der Waals surface area contributed by atoms with Gasteiger partial charge in [-0.3, -0.25) is 9.10 Å². The van der Waals surface area contributed by atoms with Crippen LogP contribution in [0, 0.1) is 5.92 Å². The second kappa shape index (κ2) is 6.40. The fraction of sp³-hybridized carbons (Fsp3) is 0.235. The smallest absolute Gasteiger partial charge is 0.264 e. The van der Waals surface area contributed by atoms with Gasteiger partial charge in [0.2, 0.25) is 15.9 Å². The number of amides is 1. The van der Waals surface area contributed by atoms with Crippen LogP contribution in [0.15, 0.2) is 59.5 Å². The zero-order valence-corrected chi connectivity index (χ0v) is 15.9. The number of benzene rings is 2. The molecule has 9 heteroatoms. The predicted octanol–water partition coefficient (Wildman–Crippen LogP) is 1.82. The van der Waals surface area contributed by atoms with Crippen molar-refractivity contribution in [3.05, 3.63) is 54.6 Å². The molecule has 1 atom stereocenters. The molecule has 138 valence electrons. The number of hydrogen-bond donors (Lipinski definition) is 0. The first-order valence-electron chi connectivity index (χ1n) is 7.85. The second-order valence-corrected chi connectivity index (χ2v) is 9.92. The maximum Gasteiger partial charge on any atom is 0.264 e. The molecule has 1 aliphatic rings. The molecule has 0 saturated carbocycles. The van der Waals surface area contributed by atoms with Gasteiger partial charge in [-0.25, -0.2) is 21.1 Å². The normalized spacial score (nSPS) is 19.5. The molecular weight excluding hydrogens is 376 g/mol. The van der Waals surface area contributed by atoms with Gasteiger partial charge in [-0.1, -0.05) is 25.1 Å². The molecule has 0 N–H and O–H groups in total. The summed E-state index contributed by atoms with van der Waals surface area (Å²) in [5.41, 5.74) is 0.642. The van der Waals surface area contributed by atoms with Gasteiger partial charge in [0, 0.05) is 7.05 Å². The molecule has 0 aromatic heterocycles. The van der Waals surface area contributed by atoms with Crippen LogP contribution >= 0.6 is 0 Å². The van der Waals surface area contributed by atoms with Crippen molar-refractivity contribution in [1.82, 2.24) is 0 Å². The molecule has 7 nitrogen and oxygen atoms in total. The van der Waals surface area contributed by atoms with Crippen LogP contribution in [0.3, 0.4) is 0 Å². The van der Waals surface area contributed by atoms with Gasteiger partial charge < -0.3 is 0 Å². The van der Waals surface area contributed by atoms with E-state index in [0.29, 0.717) is 5.69 Å². The van der Waals surface area contributed by atoms with Crippen molar-refractivity contribution < 1.29 is 21.6 Å². The summed E-state index contributed by atoms with van der Waals surface area (Å²) >= 11 is 0. The molecule has 1 heterocycles.